The van der Waals surface area contributed by atoms with Crippen LogP contribution in [0.2, 0.25) is 0 Å². The van der Waals surface area contributed by atoms with Gasteiger partial charge in [-0.15, -0.1) is 0 Å². The third kappa shape index (κ3) is 2.72. The maximum atomic E-state index is 5.96. The summed E-state index contributed by atoms with van der Waals surface area (Å²) < 4.78 is 8.31. The molecule has 7 rings (SSSR count). The molecule has 0 amide bonds. The van der Waals surface area contributed by atoms with Gasteiger partial charge in [-0.05, 0) is 55.0 Å². The first-order valence-electron chi connectivity index (χ1n) is 11.1. The smallest absolute Gasteiger partial charge is 0.227 e. The Labute approximate surface area is 190 Å². The van der Waals surface area contributed by atoms with Crippen LogP contribution in [0.15, 0.2) is 108 Å². The van der Waals surface area contributed by atoms with Gasteiger partial charge in [-0.25, -0.2) is 4.98 Å². The molecular formula is C30H20N2O. The minimum absolute atomic E-state index is 0.679. The Balaban J connectivity index is 1.45. The molecule has 0 aliphatic heterocycles. The Kier molecular flexibility index (Phi) is 3.76. The molecule has 0 radical (unpaired) electrons. The molecule has 3 nitrogen and oxygen atoms in total. The molecule has 0 bridgehead atoms. The number of rotatable bonds is 2. The van der Waals surface area contributed by atoms with Gasteiger partial charge in [0.15, 0.2) is 0 Å². The zero-order valence-corrected chi connectivity index (χ0v) is 18.1. The van der Waals surface area contributed by atoms with Crippen molar-refractivity contribution in [3.05, 3.63) is 109 Å². The summed E-state index contributed by atoms with van der Waals surface area (Å²) in [5.74, 6) is 0. The molecule has 0 saturated heterocycles. The van der Waals surface area contributed by atoms with Gasteiger partial charge in [-0.2, -0.15) is 0 Å². The summed E-state index contributed by atoms with van der Waals surface area (Å²) in [7, 11) is 0. The number of aromatic nitrogens is 2. The highest BCUT2D eigenvalue weighted by Gasteiger charge is 2.13. The predicted molar refractivity (Wildman–Crippen MR) is 136 cm³/mol. The van der Waals surface area contributed by atoms with E-state index in [9.17, 15) is 0 Å². The monoisotopic (exact) mass is 424 g/mol. The topological polar surface area (TPSA) is 31.0 Å². The van der Waals surface area contributed by atoms with Crippen LogP contribution < -0.4 is 0 Å². The van der Waals surface area contributed by atoms with Gasteiger partial charge in [0.05, 0.1) is 11.0 Å². The van der Waals surface area contributed by atoms with Gasteiger partial charge in [0.25, 0.3) is 0 Å². The van der Waals surface area contributed by atoms with Gasteiger partial charge >= 0.3 is 0 Å². The average Bonchev–Trinajstić information content (AvgIpc) is 3.39. The van der Waals surface area contributed by atoms with Crippen molar-refractivity contribution in [1.82, 2.24) is 9.55 Å². The van der Waals surface area contributed by atoms with Gasteiger partial charge in [0.2, 0.25) is 5.71 Å². The van der Waals surface area contributed by atoms with Crippen LogP contribution in [-0.2, 0) is 0 Å². The second kappa shape index (κ2) is 6.81. The molecule has 0 aliphatic carbocycles. The number of nitrogens with zero attached hydrogens (tertiary/aromatic N) is 2. The molecule has 0 atom stereocenters. The minimum atomic E-state index is 0.679. The Morgan fingerprint density at radius 3 is 2.18 bits per heavy atom. The fourth-order valence-corrected chi connectivity index (χ4v) is 4.96. The van der Waals surface area contributed by atoms with Crippen LogP contribution in [0, 0.1) is 6.92 Å². The molecule has 3 heteroatoms. The fourth-order valence-electron chi connectivity index (χ4n) is 4.96. The van der Waals surface area contributed by atoms with E-state index in [1.165, 1.54) is 27.4 Å². The van der Waals surface area contributed by atoms with Crippen molar-refractivity contribution >= 4 is 43.9 Å². The van der Waals surface area contributed by atoms with Crippen molar-refractivity contribution in [2.45, 2.75) is 6.92 Å². The fraction of sp³-hybridized carbons (Fsp3) is 0.0333. The van der Waals surface area contributed by atoms with Crippen molar-refractivity contribution in [1.29, 1.82) is 0 Å². The first-order valence-corrected chi connectivity index (χ1v) is 11.1. The molecule has 0 spiro atoms. The molecular weight excluding hydrogens is 404 g/mol. The molecule has 3 aromatic heterocycles. The quantitative estimate of drug-likeness (QED) is 0.281. The van der Waals surface area contributed by atoms with E-state index in [0.29, 0.717) is 5.71 Å². The molecule has 156 valence electrons. The third-order valence-electron chi connectivity index (χ3n) is 6.50. The lowest BCUT2D eigenvalue weighted by Gasteiger charge is -2.10. The second-order valence-electron chi connectivity index (χ2n) is 8.60. The van der Waals surface area contributed by atoms with Crippen LogP contribution in [0.5, 0.6) is 0 Å². The number of furan rings is 1. The van der Waals surface area contributed by atoms with E-state index in [2.05, 4.69) is 107 Å². The highest BCUT2D eigenvalue weighted by molar-refractivity contribution is 6.09. The zero-order chi connectivity index (χ0) is 21.9. The summed E-state index contributed by atoms with van der Waals surface area (Å²) in [5, 5.41) is 4.69. The van der Waals surface area contributed by atoms with E-state index in [0.717, 1.165) is 33.2 Å². The SMILES string of the molecule is Cc1ccc2oc3ncc(-c4cccc(-n5c6ccccc6c6ccccc65)c4)cc3c2c1. The van der Waals surface area contributed by atoms with Gasteiger partial charge in [0, 0.05) is 39.0 Å². The van der Waals surface area contributed by atoms with E-state index in [4.69, 9.17) is 4.42 Å². The van der Waals surface area contributed by atoms with E-state index >= 15 is 0 Å². The number of pyridine rings is 1. The zero-order valence-electron chi connectivity index (χ0n) is 18.1. The molecule has 7 aromatic rings. The summed E-state index contributed by atoms with van der Waals surface area (Å²) >= 11 is 0. The van der Waals surface area contributed by atoms with Gasteiger partial charge in [-0.3, -0.25) is 0 Å². The van der Waals surface area contributed by atoms with Crippen LogP contribution in [0.1, 0.15) is 5.56 Å². The minimum Gasteiger partial charge on any atom is -0.438 e. The lowest BCUT2D eigenvalue weighted by Crippen LogP contribution is -1.94. The maximum absolute atomic E-state index is 5.96. The van der Waals surface area contributed by atoms with Gasteiger partial charge < -0.3 is 8.98 Å². The molecule has 0 fully saturated rings. The third-order valence-corrected chi connectivity index (χ3v) is 6.50. The lowest BCUT2D eigenvalue weighted by molar-refractivity contribution is 0.654. The van der Waals surface area contributed by atoms with Crippen molar-refractivity contribution in [2.24, 2.45) is 0 Å². The van der Waals surface area contributed by atoms with Crippen LogP contribution in [-0.4, -0.2) is 9.55 Å². The number of hydrogen-bond acceptors (Lipinski definition) is 2. The van der Waals surface area contributed by atoms with E-state index in [1.54, 1.807) is 0 Å². The number of fused-ring (bicyclic) bond motifs is 6. The Morgan fingerprint density at radius 2 is 1.39 bits per heavy atom. The van der Waals surface area contributed by atoms with Crippen LogP contribution >= 0.6 is 0 Å². The number of benzene rings is 4. The maximum Gasteiger partial charge on any atom is 0.227 e. The highest BCUT2D eigenvalue weighted by Crippen LogP contribution is 2.35. The Bertz CT molecular complexity index is 1780. The van der Waals surface area contributed by atoms with Crippen LogP contribution in [0.25, 0.3) is 60.7 Å². The number of para-hydroxylation sites is 2. The standard InChI is InChI=1S/C30H20N2O/c1-19-13-14-29-25(15-19)26-17-21(18-31-30(26)33-29)20-7-6-8-22(16-20)32-27-11-4-2-9-23(27)24-10-3-5-12-28(24)32/h2-18H,1H3. The van der Waals surface area contributed by atoms with Crippen molar-refractivity contribution in [2.75, 3.05) is 0 Å². The lowest BCUT2D eigenvalue weighted by atomic mass is 10.0. The van der Waals surface area contributed by atoms with Gasteiger partial charge in [0.1, 0.15) is 5.58 Å². The largest absolute Gasteiger partial charge is 0.438 e. The first-order chi connectivity index (χ1) is 16.3. The highest BCUT2D eigenvalue weighted by atomic mass is 16.3. The molecule has 33 heavy (non-hydrogen) atoms. The van der Waals surface area contributed by atoms with Crippen molar-refractivity contribution in [3.63, 3.8) is 0 Å². The summed E-state index contributed by atoms with van der Waals surface area (Å²) in [6.45, 7) is 2.10. The summed E-state index contributed by atoms with van der Waals surface area (Å²) in [5.41, 5.74) is 8.53. The van der Waals surface area contributed by atoms with E-state index in [-0.39, 0.29) is 0 Å². The molecule has 4 aromatic carbocycles. The summed E-state index contributed by atoms with van der Waals surface area (Å²) in [6, 6.07) is 34.3. The molecule has 3 heterocycles. The van der Waals surface area contributed by atoms with Gasteiger partial charge in [-0.1, -0.05) is 60.2 Å². The Morgan fingerprint density at radius 1 is 0.636 bits per heavy atom. The number of aryl methyl sites for hydroxylation is 1. The van der Waals surface area contributed by atoms with Crippen LogP contribution in [0.4, 0.5) is 0 Å². The average molecular weight is 425 g/mol. The normalized spacial score (nSPS) is 11.8. The number of hydrogen-bond donors (Lipinski definition) is 0. The van der Waals surface area contributed by atoms with E-state index in [1.807, 2.05) is 12.3 Å². The molecule has 0 N–H and O–H groups in total. The summed E-state index contributed by atoms with van der Waals surface area (Å²) in [4.78, 5) is 4.64. The Hall–Kier alpha value is -4.37. The van der Waals surface area contributed by atoms with E-state index < -0.39 is 0 Å². The van der Waals surface area contributed by atoms with Crippen molar-refractivity contribution < 1.29 is 4.42 Å². The summed E-state index contributed by atoms with van der Waals surface area (Å²) in [6.07, 6.45) is 1.91. The second-order valence-corrected chi connectivity index (χ2v) is 8.60. The molecule has 0 aliphatic rings. The first kappa shape index (κ1) is 18.2. The molecule has 0 saturated carbocycles. The van der Waals surface area contributed by atoms with Crippen molar-refractivity contribution in [3.8, 4) is 16.8 Å². The van der Waals surface area contributed by atoms with Crippen LogP contribution in [0.3, 0.4) is 0 Å². The predicted octanol–water partition coefficient (Wildman–Crippen LogP) is 8.05. The molecule has 0 unspecified atom stereocenters.